The van der Waals surface area contributed by atoms with Crippen LogP contribution in [0.5, 0.6) is 0 Å². The number of nitrogens with two attached hydrogens (primary N) is 3. The van der Waals surface area contributed by atoms with Crippen LogP contribution < -0.4 is 43.8 Å². The Morgan fingerprint density at radius 2 is 1.09 bits per heavy atom. The van der Waals surface area contributed by atoms with Crippen LogP contribution in [-0.2, 0) is 44.8 Å². The van der Waals surface area contributed by atoms with Crippen LogP contribution in [-0.4, -0.2) is 113 Å². The quantitative estimate of drug-likeness (QED) is 0.0684. The van der Waals surface area contributed by atoms with Crippen LogP contribution in [0, 0.1) is 0 Å². The molecule has 242 valence electrons. The summed E-state index contributed by atoms with van der Waals surface area (Å²) in [6.45, 7) is -2.54. The summed E-state index contributed by atoms with van der Waals surface area (Å²) in [5.41, 5.74) is 16.3. The van der Waals surface area contributed by atoms with Gasteiger partial charge in [0.1, 0.15) is 36.8 Å². The third kappa shape index (κ3) is 13.2. The number of nitrogens with one attached hydrogen (secondary N) is 5. The highest BCUT2D eigenvalue weighted by molar-refractivity contribution is 5.99. The maximum absolute atomic E-state index is 13.2. The summed E-state index contributed by atoms with van der Waals surface area (Å²) in [7, 11) is 0. The van der Waals surface area contributed by atoms with E-state index in [0.29, 0.717) is 5.56 Å². The molecule has 1 aromatic rings. The van der Waals surface area contributed by atoms with Gasteiger partial charge in [0.25, 0.3) is 0 Å². The highest BCUT2D eigenvalue weighted by Gasteiger charge is 2.33. The number of carbonyl (C=O) groups is 8. The minimum absolute atomic E-state index is 0.121. The van der Waals surface area contributed by atoms with Crippen LogP contribution in [0.1, 0.15) is 18.4 Å². The molecule has 7 amide bonds. The molecule has 0 saturated carbocycles. The Kier molecular flexibility index (Phi) is 15.4. The summed E-state index contributed by atoms with van der Waals surface area (Å²) in [6.07, 6.45) is -1.76. The maximum atomic E-state index is 13.2. The van der Waals surface area contributed by atoms with E-state index >= 15 is 0 Å². The van der Waals surface area contributed by atoms with Crippen LogP contribution in [0.25, 0.3) is 0 Å². The normalized spacial score (nSPS) is 14.0. The van der Waals surface area contributed by atoms with Crippen molar-refractivity contribution < 1.29 is 53.7 Å². The fourth-order valence-electron chi connectivity index (χ4n) is 3.54. The average molecular weight is 625 g/mol. The fourth-order valence-corrected chi connectivity index (χ4v) is 3.54. The molecule has 1 aromatic carbocycles. The molecule has 0 fully saturated rings. The van der Waals surface area contributed by atoms with Gasteiger partial charge in [0.2, 0.25) is 41.4 Å². The van der Waals surface area contributed by atoms with E-state index < -0.39 is 110 Å². The van der Waals surface area contributed by atoms with Crippen LogP contribution in [0.3, 0.4) is 0 Å². The fraction of sp³-hybridized carbons (Fsp3) is 0.440. The Balaban J connectivity index is 3.17. The summed E-state index contributed by atoms with van der Waals surface area (Å²) in [4.78, 5) is 97.8. The van der Waals surface area contributed by atoms with Crippen LogP contribution in [0.2, 0.25) is 0 Å². The van der Waals surface area contributed by atoms with Crippen molar-refractivity contribution in [2.75, 3.05) is 19.8 Å². The molecule has 0 spiro atoms. The third-order valence-corrected chi connectivity index (χ3v) is 5.76. The van der Waals surface area contributed by atoms with E-state index in [9.17, 15) is 43.5 Å². The van der Waals surface area contributed by atoms with Crippen LogP contribution in [0.15, 0.2) is 30.3 Å². The first kappa shape index (κ1) is 36.9. The van der Waals surface area contributed by atoms with Gasteiger partial charge in [-0.3, -0.25) is 38.4 Å². The molecule has 0 heterocycles. The first-order chi connectivity index (χ1) is 20.7. The number of carbonyl (C=O) groups excluding carboxylic acids is 7. The number of aliphatic hydroxyl groups excluding tert-OH is 2. The number of hydrogen-bond donors (Lipinski definition) is 11. The van der Waals surface area contributed by atoms with E-state index in [-0.39, 0.29) is 6.42 Å². The van der Waals surface area contributed by atoms with Gasteiger partial charge in [-0.2, -0.15) is 0 Å². The topological polar surface area (TPSA) is 335 Å². The highest BCUT2D eigenvalue weighted by atomic mass is 16.4. The molecule has 5 atom stereocenters. The first-order valence-electron chi connectivity index (χ1n) is 13.0. The van der Waals surface area contributed by atoms with E-state index in [1.54, 1.807) is 30.3 Å². The molecule has 0 radical (unpaired) electrons. The standard InChI is InChI=1S/C25H36N8O11/c26-13(10-34)21(40)33-17(11-35)25(44)32-16(8-19(28)37)24(43)31-15(7-18(27)36)23(42)30-14(22(41)29-9-20(38)39)6-12-4-2-1-3-5-12/h1-5,13-17,34-35H,6-11,26H2,(H2,27,36)(H2,28,37)(H,29,41)(H,30,42)(H,31,43)(H,32,44)(H,33,40)(H,38,39)/t13-,14-,15-,16-,17-/m0/s1. The monoisotopic (exact) mass is 624 g/mol. The smallest absolute Gasteiger partial charge is 0.322 e. The lowest BCUT2D eigenvalue weighted by Gasteiger charge is -2.25. The zero-order valence-corrected chi connectivity index (χ0v) is 23.4. The second kappa shape index (κ2) is 18.4. The predicted octanol–water partition coefficient (Wildman–Crippen LogP) is -6.57. The summed E-state index contributed by atoms with van der Waals surface area (Å²) >= 11 is 0. The molecule has 0 unspecified atom stereocenters. The van der Waals surface area contributed by atoms with Crippen LogP contribution in [0.4, 0.5) is 0 Å². The molecule has 0 aliphatic rings. The van der Waals surface area contributed by atoms with Crippen molar-refractivity contribution in [1.82, 2.24) is 26.6 Å². The van der Waals surface area contributed by atoms with E-state index in [0.717, 1.165) is 0 Å². The van der Waals surface area contributed by atoms with Gasteiger partial charge in [0.15, 0.2) is 0 Å². The first-order valence-corrected chi connectivity index (χ1v) is 13.0. The molecule has 0 saturated heterocycles. The third-order valence-electron chi connectivity index (χ3n) is 5.76. The van der Waals surface area contributed by atoms with Gasteiger partial charge < -0.3 is 59.1 Å². The number of amides is 7. The van der Waals surface area contributed by atoms with Gasteiger partial charge in [-0.05, 0) is 5.56 Å². The molecule has 1 rings (SSSR count). The molecule has 19 nitrogen and oxygen atoms in total. The Hall–Kier alpha value is -5.14. The lowest BCUT2D eigenvalue weighted by atomic mass is 10.0. The van der Waals surface area contributed by atoms with E-state index in [1.807, 2.05) is 5.32 Å². The number of hydrogen-bond acceptors (Lipinski definition) is 11. The molecule has 0 aliphatic carbocycles. The summed E-state index contributed by atoms with van der Waals surface area (Å²) in [5, 5.41) is 38.1. The van der Waals surface area contributed by atoms with Crippen LogP contribution >= 0.6 is 0 Å². The number of aliphatic carboxylic acids is 1. The zero-order chi connectivity index (χ0) is 33.4. The van der Waals surface area contributed by atoms with Gasteiger partial charge in [-0.1, -0.05) is 30.3 Å². The molecule has 0 aromatic heterocycles. The number of carboxylic acids is 1. The number of benzene rings is 1. The van der Waals surface area contributed by atoms with Gasteiger partial charge in [0, 0.05) is 6.42 Å². The molecule has 44 heavy (non-hydrogen) atoms. The summed E-state index contributed by atoms with van der Waals surface area (Å²) in [6, 6.07) is 0.210. The molecule has 19 heteroatoms. The van der Waals surface area contributed by atoms with E-state index in [1.165, 1.54) is 0 Å². The molecular weight excluding hydrogens is 588 g/mol. The number of primary amides is 2. The highest BCUT2D eigenvalue weighted by Crippen LogP contribution is 2.06. The largest absolute Gasteiger partial charge is 0.480 e. The average Bonchev–Trinajstić information content (AvgIpc) is 2.96. The second-order valence-electron chi connectivity index (χ2n) is 9.36. The Labute approximate surface area is 250 Å². The zero-order valence-electron chi connectivity index (χ0n) is 23.4. The minimum atomic E-state index is -1.79. The lowest BCUT2D eigenvalue weighted by Crippen LogP contribution is -2.60. The van der Waals surface area contributed by atoms with Crippen molar-refractivity contribution >= 4 is 47.3 Å². The SMILES string of the molecule is NC(=O)C[C@H](NC(=O)[C@H](CC(N)=O)NC(=O)[C@H](CO)NC(=O)[C@@H](N)CO)C(=O)N[C@@H](Cc1ccccc1)C(=O)NCC(=O)O. The van der Waals surface area contributed by atoms with Gasteiger partial charge >= 0.3 is 5.97 Å². The molecular formula is C25H36N8O11. The van der Waals surface area contributed by atoms with Crippen molar-refractivity contribution in [2.45, 2.75) is 49.5 Å². The Bertz CT molecular complexity index is 1210. The summed E-state index contributed by atoms with van der Waals surface area (Å²) in [5.74, 6) is -8.94. The van der Waals surface area contributed by atoms with E-state index in [2.05, 4.69) is 21.3 Å². The van der Waals surface area contributed by atoms with Crippen molar-refractivity contribution in [3.05, 3.63) is 35.9 Å². The minimum Gasteiger partial charge on any atom is -0.480 e. The Morgan fingerprint density at radius 1 is 0.636 bits per heavy atom. The predicted molar refractivity (Wildman–Crippen MR) is 148 cm³/mol. The molecule has 14 N–H and O–H groups in total. The summed E-state index contributed by atoms with van der Waals surface area (Å²) < 4.78 is 0. The van der Waals surface area contributed by atoms with Crippen molar-refractivity contribution in [3.63, 3.8) is 0 Å². The maximum Gasteiger partial charge on any atom is 0.322 e. The number of aliphatic hydroxyl groups is 2. The number of carboxylic acid groups (broad SMARTS) is 1. The van der Waals surface area contributed by atoms with Gasteiger partial charge in [0.05, 0.1) is 26.1 Å². The van der Waals surface area contributed by atoms with E-state index in [4.69, 9.17) is 27.4 Å². The van der Waals surface area contributed by atoms with Crippen molar-refractivity contribution in [3.8, 4) is 0 Å². The van der Waals surface area contributed by atoms with Gasteiger partial charge in [-0.15, -0.1) is 0 Å². The van der Waals surface area contributed by atoms with Crippen molar-refractivity contribution in [1.29, 1.82) is 0 Å². The Morgan fingerprint density at radius 3 is 1.52 bits per heavy atom. The molecule has 0 bridgehead atoms. The second-order valence-corrected chi connectivity index (χ2v) is 9.36. The molecule has 0 aliphatic heterocycles. The van der Waals surface area contributed by atoms with Gasteiger partial charge in [-0.25, -0.2) is 0 Å². The lowest BCUT2D eigenvalue weighted by molar-refractivity contribution is -0.139. The number of rotatable bonds is 19. The van der Waals surface area contributed by atoms with Crippen molar-refractivity contribution in [2.24, 2.45) is 17.2 Å².